The summed E-state index contributed by atoms with van der Waals surface area (Å²) >= 11 is 1.88. The van der Waals surface area contributed by atoms with E-state index in [1.165, 1.54) is 75.0 Å². The molecule has 1 aromatic heterocycles. The highest BCUT2D eigenvalue weighted by Gasteiger charge is 2.56. The molecule has 3 heteroatoms. The summed E-state index contributed by atoms with van der Waals surface area (Å²) in [6, 6.07) is 55.8. The van der Waals surface area contributed by atoms with Gasteiger partial charge in [-0.05, 0) is 134 Å². The zero-order chi connectivity index (χ0) is 31.7. The molecule has 6 aromatic carbocycles. The first kappa shape index (κ1) is 28.2. The summed E-state index contributed by atoms with van der Waals surface area (Å²) in [6.07, 6.45) is 7.21. The predicted octanol–water partition coefficient (Wildman–Crippen LogP) is 13.1. The zero-order valence-corrected chi connectivity index (χ0v) is 27.8. The first-order valence-corrected chi connectivity index (χ1v) is 18.3. The molecule has 4 aliphatic rings. The second-order valence-corrected chi connectivity index (χ2v) is 15.5. The quantitative estimate of drug-likeness (QED) is 0.171. The van der Waals surface area contributed by atoms with Gasteiger partial charge in [-0.25, -0.2) is 0 Å². The fourth-order valence-corrected chi connectivity index (χ4v) is 11.0. The molecule has 48 heavy (non-hydrogen) atoms. The summed E-state index contributed by atoms with van der Waals surface area (Å²) in [7, 11) is 0. The van der Waals surface area contributed by atoms with E-state index in [-0.39, 0.29) is 0 Å². The van der Waals surface area contributed by atoms with Crippen molar-refractivity contribution in [1.82, 2.24) is 0 Å². The van der Waals surface area contributed by atoms with E-state index < -0.39 is 0 Å². The van der Waals surface area contributed by atoms with Gasteiger partial charge >= 0.3 is 0 Å². The van der Waals surface area contributed by atoms with E-state index >= 15 is 0 Å². The number of thiophene rings is 1. The Balaban J connectivity index is 1.04. The highest BCUT2D eigenvalue weighted by molar-refractivity contribution is 7.25. The highest BCUT2D eigenvalue weighted by Crippen LogP contribution is 2.64. The van der Waals surface area contributed by atoms with E-state index in [0.717, 1.165) is 29.1 Å². The van der Waals surface area contributed by atoms with Crippen LogP contribution in [-0.2, 0) is 5.41 Å². The van der Waals surface area contributed by atoms with E-state index in [4.69, 9.17) is 0 Å². The van der Waals surface area contributed by atoms with E-state index in [0.29, 0.717) is 5.41 Å². The summed E-state index contributed by atoms with van der Waals surface area (Å²) in [5, 5.41) is 2.62. The summed E-state index contributed by atoms with van der Waals surface area (Å²) < 4.78 is 2.60. The molecule has 0 amide bonds. The number of nitrogens with zero attached hydrogens (tertiary/aromatic N) is 2. The summed E-state index contributed by atoms with van der Waals surface area (Å²) in [4.78, 5) is 4.77. The summed E-state index contributed by atoms with van der Waals surface area (Å²) in [5.74, 6) is 2.92. The maximum Gasteiger partial charge on any atom is 0.0476 e. The number of para-hydroxylation sites is 3. The number of hydrogen-bond acceptors (Lipinski definition) is 3. The van der Waals surface area contributed by atoms with Gasteiger partial charge in [0.2, 0.25) is 0 Å². The minimum atomic E-state index is 0.429. The summed E-state index contributed by atoms with van der Waals surface area (Å²) in [5.41, 5.74) is 9.09. The van der Waals surface area contributed by atoms with Crippen LogP contribution in [0.15, 0.2) is 152 Å². The first-order valence-electron chi connectivity index (χ1n) is 17.5. The lowest BCUT2D eigenvalue weighted by Crippen LogP contribution is -2.31. The molecular formula is C45H38N2S. The number of benzene rings is 6. The van der Waals surface area contributed by atoms with E-state index in [1.54, 1.807) is 5.56 Å². The molecule has 0 saturated heterocycles. The van der Waals surface area contributed by atoms with Crippen LogP contribution in [0.3, 0.4) is 0 Å². The van der Waals surface area contributed by atoms with Crippen LogP contribution in [0, 0.1) is 17.8 Å². The smallest absolute Gasteiger partial charge is 0.0476 e. The molecule has 7 aromatic rings. The number of anilines is 6. The molecule has 0 N–H and O–H groups in total. The van der Waals surface area contributed by atoms with Crippen LogP contribution < -0.4 is 9.80 Å². The third-order valence-electron chi connectivity index (χ3n) is 11.7. The van der Waals surface area contributed by atoms with Crippen molar-refractivity contribution in [2.24, 2.45) is 17.8 Å². The van der Waals surface area contributed by atoms with Crippen molar-refractivity contribution in [2.75, 3.05) is 9.80 Å². The van der Waals surface area contributed by atoms with Crippen molar-refractivity contribution >= 4 is 65.6 Å². The Morgan fingerprint density at radius 3 is 1.29 bits per heavy atom. The molecule has 2 unspecified atom stereocenters. The van der Waals surface area contributed by atoms with E-state index in [2.05, 4.69) is 161 Å². The average Bonchev–Trinajstić information content (AvgIpc) is 3.73. The van der Waals surface area contributed by atoms with Gasteiger partial charge in [-0.1, -0.05) is 78.9 Å². The number of rotatable bonds is 7. The van der Waals surface area contributed by atoms with Crippen LogP contribution in [0.25, 0.3) is 20.2 Å². The van der Waals surface area contributed by atoms with Gasteiger partial charge in [-0.2, -0.15) is 0 Å². The average molecular weight is 639 g/mol. The van der Waals surface area contributed by atoms with E-state index in [1.807, 2.05) is 11.3 Å². The Bertz CT molecular complexity index is 2180. The maximum absolute atomic E-state index is 2.46. The molecule has 234 valence electrons. The molecule has 4 bridgehead atoms. The molecule has 1 heterocycles. The van der Waals surface area contributed by atoms with Gasteiger partial charge in [0.25, 0.3) is 0 Å². The van der Waals surface area contributed by atoms with Crippen molar-refractivity contribution < 1.29 is 0 Å². The second kappa shape index (κ2) is 11.1. The highest BCUT2D eigenvalue weighted by atomic mass is 32.1. The van der Waals surface area contributed by atoms with Crippen molar-refractivity contribution in [2.45, 2.75) is 37.5 Å². The topological polar surface area (TPSA) is 6.48 Å². The van der Waals surface area contributed by atoms with Crippen molar-refractivity contribution in [3.63, 3.8) is 0 Å². The standard InChI is InChI=1S/C45H38N2S/c1-4-10-35(11-5-1)46(36-12-6-2-7-13-36)39-20-22-41-42-23-21-40(27-44(42)48-43(41)26-39)47(37-14-8-3-9-15-37)38-18-16-34(17-19-38)45-28-31-24-32(29-45)33(25-31)30-45/h1-23,26-27,31-33H,24-25,28-30H2. The molecular weight excluding hydrogens is 601 g/mol. The minimum absolute atomic E-state index is 0.429. The molecule has 4 fully saturated rings. The lowest BCUT2D eigenvalue weighted by Gasteiger charge is -2.39. The van der Waals surface area contributed by atoms with Gasteiger partial charge in [-0.15, -0.1) is 11.3 Å². The Hall–Kier alpha value is -4.86. The van der Waals surface area contributed by atoms with Gasteiger partial charge < -0.3 is 9.80 Å². The summed E-state index contributed by atoms with van der Waals surface area (Å²) in [6.45, 7) is 0. The maximum atomic E-state index is 2.46. The fraction of sp³-hybridized carbons (Fsp3) is 0.200. The lowest BCUT2D eigenvalue weighted by molar-refractivity contribution is 0.229. The SMILES string of the molecule is c1ccc(N(c2ccccc2)c2ccc3c(c2)sc2cc(N(c4ccccc4)c4ccc(C56CC7CC(C5)C(C7)C6)cc4)ccc23)cc1. The minimum Gasteiger partial charge on any atom is -0.310 e. The molecule has 0 radical (unpaired) electrons. The van der Waals surface area contributed by atoms with Crippen LogP contribution in [0.2, 0.25) is 0 Å². The Morgan fingerprint density at radius 1 is 0.438 bits per heavy atom. The zero-order valence-electron chi connectivity index (χ0n) is 27.0. The third kappa shape index (κ3) is 4.59. The Kier molecular flexibility index (Phi) is 6.52. The van der Waals surface area contributed by atoms with Crippen molar-refractivity contribution in [1.29, 1.82) is 0 Å². The predicted molar refractivity (Wildman–Crippen MR) is 204 cm³/mol. The van der Waals surface area contributed by atoms with Gasteiger partial charge in [0.15, 0.2) is 0 Å². The first-order chi connectivity index (χ1) is 23.7. The van der Waals surface area contributed by atoms with Crippen molar-refractivity contribution in [3.8, 4) is 0 Å². The number of fused-ring (bicyclic) bond motifs is 3. The fourth-order valence-electron chi connectivity index (χ4n) is 9.79. The van der Waals surface area contributed by atoms with Gasteiger partial charge in [0.05, 0.1) is 0 Å². The molecule has 2 nitrogen and oxygen atoms in total. The second-order valence-electron chi connectivity index (χ2n) is 14.4. The van der Waals surface area contributed by atoms with Gasteiger partial charge in [-0.3, -0.25) is 0 Å². The molecule has 0 spiro atoms. The van der Waals surface area contributed by atoms with Crippen LogP contribution >= 0.6 is 11.3 Å². The van der Waals surface area contributed by atoms with Crippen LogP contribution in [-0.4, -0.2) is 0 Å². The largest absolute Gasteiger partial charge is 0.310 e. The molecule has 4 aliphatic carbocycles. The van der Waals surface area contributed by atoms with Crippen LogP contribution in [0.5, 0.6) is 0 Å². The Morgan fingerprint density at radius 2 is 0.854 bits per heavy atom. The monoisotopic (exact) mass is 638 g/mol. The van der Waals surface area contributed by atoms with Gasteiger partial charge in [0.1, 0.15) is 0 Å². The number of hydrogen-bond donors (Lipinski definition) is 0. The molecule has 11 rings (SSSR count). The van der Waals surface area contributed by atoms with Crippen LogP contribution in [0.4, 0.5) is 34.1 Å². The molecule has 4 saturated carbocycles. The lowest BCUT2D eigenvalue weighted by atomic mass is 9.66. The van der Waals surface area contributed by atoms with E-state index in [9.17, 15) is 0 Å². The van der Waals surface area contributed by atoms with Crippen LogP contribution in [0.1, 0.15) is 37.7 Å². The normalized spacial score (nSPS) is 22.5. The van der Waals surface area contributed by atoms with Gasteiger partial charge in [0, 0.05) is 54.3 Å². The Labute approximate surface area is 286 Å². The molecule has 0 aliphatic heterocycles. The van der Waals surface area contributed by atoms with Crippen molar-refractivity contribution in [3.05, 3.63) is 157 Å². The molecule has 2 atom stereocenters. The third-order valence-corrected chi connectivity index (χ3v) is 12.8.